The summed E-state index contributed by atoms with van der Waals surface area (Å²) in [6, 6.07) is 6.01. The van der Waals surface area contributed by atoms with Crippen LogP contribution in [0.2, 0.25) is 0 Å². The Hall–Kier alpha value is -1.68. The first-order valence-corrected chi connectivity index (χ1v) is 8.13. The number of aryl methyl sites for hydroxylation is 2. The number of Topliss-reactive ketones (excluding diaryl/α,β-unsaturated/α-hetero) is 1. The van der Waals surface area contributed by atoms with Gasteiger partial charge in [-0.1, -0.05) is 17.7 Å². The molecular weight excluding hydrogens is 276 g/mol. The second kappa shape index (κ2) is 7.54. The Morgan fingerprint density at radius 1 is 1.23 bits per heavy atom. The molecule has 2 N–H and O–H groups in total. The summed E-state index contributed by atoms with van der Waals surface area (Å²) < 4.78 is 0. The van der Waals surface area contributed by atoms with E-state index >= 15 is 0 Å². The highest BCUT2D eigenvalue weighted by atomic mass is 16.2. The predicted octanol–water partition coefficient (Wildman–Crippen LogP) is 2.61. The molecule has 1 amide bonds. The zero-order chi connectivity index (χ0) is 16.1. The molecule has 1 aliphatic heterocycles. The molecule has 1 aromatic rings. The van der Waals surface area contributed by atoms with Gasteiger partial charge in [-0.25, -0.2) is 0 Å². The molecule has 4 heteroatoms. The topological polar surface area (TPSA) is 63.4 Å². The zero-order valence-corrected chi connectivity index (χ0v) is 13.6. The van der Waals surface area contributed by atoms with Gasteiger partial charge in [0.2, 0.25) is 5.91 Å². The van der Waals surface area contributed by atoms with Gasteiger partial charge in [0.15, 0.2) is 5.78 Å². The van der Waals surface area contributed by atoms with E-state index in [-0.39, 0.29) is 30.6 Å². The van der Waals surface area contributed by atoms with Crippen LogP contribution in [0.3, 0.4) is 0 Å². The van der Waals surface area contributed by atoms with Gasteiger partial charge in [0.05, 0.1) is 0 Å². The quantitative estimate of drug-likeness (QED) is 0.850. The van der Waals surface area contributed by atoms with Gasteiger partial charge in [0.1, 0.15) is 0 Å². The highest BCUT2D eigenvalue weighted by molar-refractivity contribution is 5.99. The summed E-state index contributed by atoms with van der Waals surface area (Å²) in [7, 11) is 0. The summed E-state index contributed by atoms with van der Waals surface area (Å²) in [5, 5.41) is 0. The number of ketones is 1. The van der Waals surface area contributed by atoms with E-state index in [0.717, 1.165) is 42.5 Å². The number of carbonyl (C=O) groups excluding carboxylic acids is 2. The molecular formula is C18H26N2O2. The fraction of sp³-hybridized carbons (Fsp3) is 0.556. The highest BCUT2D eigenvalue weighted by Gasteiger charge is 2.25. The number of carbonyl (C=O) groups is 2. The molecule has 120 valence electrons. The molecule has 1 saturated heterocycles. The van der Waals surface area contributed by atoms with Crippen molar-refractivity contribution < 1.29 is 9.59 Å². The van der Waals surface area contributed by atoms with Crippen LogP contribution >= 0.6 is 0 Å². The number of nitrogens with two attached hydrogens (primary N) is 1. The minimum atomic E-state index is 0.0517. The highest BCUT2D eigenvalue weighted by Crippen LogP contribution is 2.19. The van der Waals surface area contributed by atoms with Crippen molar-refractivity contribution >= 4 is 11.7 Å². The molecule has 1 aliphatic rings. The first-order chi connectivity index (χ1) is 10.5. The maximum atomic E-state index is 12.4. The van der Waals surface area contributed by atoms with Crippen LogP contribution in [-0.4, -0.2) is 35.7 Å². The van der Waals surface area contributed by atoms with Gasteiger partial charge in [0.25, 0.3) is 0 Å². The number of nitrogens with zero attached hydrogens (tertiary/aromatic N) is 1. The second-order valence-corrected chi connectivity index (χ2v) is 6.21. The van der Waals surface area contributed by atoms with Crippen molar-refractivity contribution in [2.75, 3.05) is 13.1 Å². The molecule has 1 unspecified atom stereocenters. The Labute approximate surface area is 132 Å². The molecule has 4 nitrogen and oxygen atoms in total. The molecule has 0 radical (unpaired) electrons. The van der Waals surface area contributed by atoms with Crippen molar-refractivity contribution in [2.45, 2.75) is 52.0 Å². The number of benzene rings is 1. The van der Waals surface area contributed by atoms with E-state index in [1.54, 1.807) is 0 Å². The lowest BCUT2D eigenvalue weighted by molar-refractivity contribution is -0.134. The average Bonchev–Trinajstić information content (AvgIpc) is 2.54. The third kappa shape index (κ3) is 3.95. The molecule has 1 atom stereocenters. The summed E-state index contributed by atoms with van der Waals surface area (Å²) >= 11 is 0. The summed E-state index contributed by atoms with van der Waals surface area (Å²) in [5.74, 6) is 0.115. The largest absolute Gasteiger partial charge is 0.338 e. The molecule has 1 fully saturated rings. The average molecular weight is 302 g/mol. The van der Waals surface area contributed by atoms with Gasteiger partial charge in [-0.15, -0.1) is 0 Å². The maximum Gasteiger partial charge on any atom is 0.223 e. The minimum absolute atomic E-state index is 0.0517. The third-order valence-electron chi connectivity index (χ3n) is 4.48. The molecule has 0 saturated carbocycles. The Balaban J connectivity index is 1.95. The van der Waals surface area contributed by atoms with Gasteiger partial charge in [0, 0.05) is 37.5 Å². The van der Waals surface area contributed by atoms with Crippen LogP contribution in [0.1, 0.15) is 53.6 Å². The van der Waals surface area contributed by atoms with Gasteiger partial charge in [-0.05, 0) is 44.7 Å². The van der Waals surface area contributed by atoms with Gasteiger partial charge < -0.3 is 10.6 Å². The van der Waals surface area contributed by atoms with Gasteiger partial charge in [-0.3, -0.25) is 9.59 Å². The van der Waals surface area contributed by atoms with Gasteiger partial charge >= 0.3 is 0 Å². The Morgan fingerprint density at radius 2 is 2.00 bits per heavy atom. The van der Waals surface area contributed by atoms with E-state index in [4.69, 9.17) is 5.73 Å². The number of likely N-dealkylation sites (tertiary alicyclic amines) is 1. The monoisotopic (exact) mass is 302 g/mol. The molecule has 1 aromatic carbocycles. The van der Waals surface area contributed by atoms with E-state index in [0.29, 0.717) is 6.54 Å². The predicted molar refractivity (Wildman–Crippen MR) is 87.9 cm³/mol. The number of piperidine rings is 1. The van der Waals surface area contributed by atoms with Crippen LogP contribution in [-0.2, 0) is 4.79 Å². The van der Waals surface area contributed by atoms with Crippen molar-refractivity contribution in [1.29, 1.82) is 0 Å². The summed E-state index contributed by atoms with van der Waals surface area (Å²) in [6.07, 6.45) is 3.70. The van der Waals surface area contributed by atoms with Crippen LogP contribution in [0.15, 0.2) is 18.2 Å². The maximum absolute atomic E-state index is 12.4. The second-order valence-electron chi connectivity index (χ2n) is 6.21. The lowest BCUT2D eigenvalue weighted by Crippen LogP contribution is -2.47. The molecule has 2 rings (SSSR count). The van der Waals surface area contributed by atoms with Crippen molar-refractivity contribution in [3.05, 3.63) is 34.9 Å². The number of amides is 1. The van der Waals surface area contributed by atoms with E-state index in [9.17, 15) is 9.59 Å². The Kier molecular flexibility index (Phi) is 5.72. The van der Waals surface area contributed by atoms with Crippen molar-refractivity contribution in [3.63, 3.8) is 0 Å². The molecule has 0 spiro atoms. The first-order valence-electron chi connectivity index (χ1n) is 8.13. The third-order valence-corrected chi connectivity index (χ3v) is 4.48. The van der Waals surface area contributed by atoms with E-state index < -0.39 is 0 Å². The fourth-order valence-electron chi connectivity index (χ4n) is 3.11. The zero-order valence-electron chi connectivity index (χ0n) is 13.6. The van der Waals surface area contributed by atoms with Gasteiger partial charge in [-0.2, -0.15) is 0 Å². The summed E-state index contributed by atoms with van der Waals surface area (Å²) in [5.41, 5.74) is 8.53. The van der Waals surface area contributed by atoms with Crippen molar-refractivity contribution in [3.8, 4) is 0 Å². The lowest BCUT2D eigenvalue weighted by atomic mass is 9.98. The van der Waals surface area contributed by atoms with Crippen LogP contribution in [0, 0.1) is 13.8 Å². The smallest absolute Gasteiger partial charge is 0.223 e. The minimum Gasteiger partial charge on any atom is -0.338 e. The molecule has 0 bridgehead atoms. The van der Waals surface area contributed by atoms with E-state index in [1.165, 1.54) is 0 Å². The number of rotatable bonds is 5. The lowest BCUT2D eigenvalue weighted by Gasteiger charge is -2.35. The Morgan fingerprint density at radius 3 is 2.73 bits per heavy atom. The normalized spacial score (nSPS) is 18.3. The molecule has 1 heterocycles. The van der Waals surface area contributed by atoms with Crippen molar-refractivity contribution in [2.24, 2.45) is 5.73 Å². The summed E-state index contributed by atoms with van der Waals surface area (Å²) in [4.78, 5) is 26.6. The summed E-state index contributed by atoms with van der Waals surface area (Å²) in [6.45, 7) is 5.19. The molecule has 0 aromatic heterocycles. The van der Waals surface area contributed by atoms with Crippen LogP contribution in [0.25, 0.3) is 0 Å². The molecule has 22 heavy (non-hydrogen) atoms. The van der Waals surface area contributed by atoms with Crippen LogP contribution in [0.5, 0.6) is 0 Å². The van der Waals surface area contributed by atoms with E-state index in [2.05, 4.69) is 0 Å². The first kappa shape index (κ1) is 16.7. The van der Waals surface area contributed by atoms with Crippen LogP contribution < -0.4 is 5.73 Å². The van der Waals surface area contributed by atoms with Crippen molar-refractivity contribution in [1.82, 2.24) is 4.90 Å². The SMILES string of the molecule is Cc1ccc(C)c(C(=O)CCC(=O)N2CCCCC2CN)c1. The van der Waals surface area contributed by atoms with E-state index in [1.807, 2.05) is 36.9 Å². The number of hydrogen-bond acceptors (Lipinski definition) is 3. The fourth-order valence-corrected chi connectivity index (χ4v) is 3.11. The number of hydrogen-bond donors (Lipinski definition) is 1. The standard InChI is InChI=1S/C18H26N2O2/c1-13-6-7-14(2)16(11-13)17(21)8-9-18(22)20-10-4-3-5-15(20)12-19/h6-7,11,15H,3-5,8-10,12,19H2,1-2H3. The molecule has 0 aliphatic carbocycles. The van der Waals surface area contributed by atoms with Crippen LogP contribution in [0.4, 0.5) is 0 Å². The Bertz CT molecular complexity index is 554.